The minimum Gasteiger partial charge on any atom is -0.493 e. The molecule has 5 nitrogen and oxygen atoms in total. The molecule has 0 saturated carbocycles. The number of aryl methyl sites for hydroxylation is 1. The summed E-state index contributed by atoms with van der Waals surface area (Å²) in [5.74, 6) is 7.23. The van der Waals surface area contributed by atoms with Crippen LogP contribution in [-0.2, 0) is 16.1 Å². The van der Waals surface area contributed by atoms with Gasteiger partial charge in [0.2, 0.25) is 0 Å². The minimum absolute atomic E-state index is 0.190. The van der Waals surface area contributed by atoms with Crippen LogP contribution in [0.2, 0.25) is 0 Å². The predicted molar refractivity (Wildman–Crippen MR) is 167 cm³/mol. The van der Waals surface area contributed by atoms with Gasteiger partial charge in [0.15, 0.2) is 0 Å². The maximum Gasteiger partial charge on any atom is 0.307 e. The fraction of sp³-hybridized carbons (Fsp3) is 0.343. The van der Waals surface area contributed by atoms with E-state index in [0.717, 1.165) is 39.1 Å². The highest BCUT2D eigenvalue weighted by Gasteiger charge is 2.16. The molecule has 0 aliphatic heterocycles. The van der Waals surface area contributed by atoms with E-state index in [9.17, 15) is 9.90 Å². The molecule has 0 aliphatic carbocycles. The SMILES string of the molecule is CC#C[C@@H](CC(=O)OCC)c1ccc(COc2ccc3scc(-c4ccc(OCCC(C)(C)O)cc4C)c3c2)cc1. The summed E-state index contributed by atoms with van der Waals surface area (Å²) in [6.45, 7) is 10.5. The highest BCUT2D eigenvalue weighted by atomic mass is 32.1. The summed E-state index contributed by atoms with van der Waals surface area (Å²) in [6.07, 6.45) is 0.810. The molecule has 4 rings (SSSR count). The van der Waals surface area contributed by atoms with Gasteiger partial charge in [-0.05, 0) is 92.6 Å². The van der Waals surface area contributed by atoms with Crippen molar-refractivity contribution in [3.63, 3.8) is 0 Å². The van der Waals surface area contributed by atoms with Crippen LogP contribution in [0.15, 0.2) is 66.0 Å². The second-order valence-electron chi connectivity index (χ2n) is 10.7. The lowest BCUT2D eigenvalue weighted by molar-refractivity contribution is -0.143. The van der Waals surface area contributed by atoms with E-state index in [0.29, 0.717) is 26.2 Å². The minimum atomic E-state index is -0.744. The monoisotopic (exact) mass is 570 g/mol. The first-order valence-electron chi connectivity index (χ1n) is 13.9. The Bertz CT molecular complexity index is 1530. The number of carbonyl (C=O) groups excluding carboxylic acids is 1. The summed E-state index contributed by atoms with van der Waals surface area (Å²) in [6, 6.07) is 20.4. The van der Waals surface area contributed by atoms with Crippen LogP contribution in [0.3, 0.4) is 0 Å². The van der Waals surface area contributed by atoms with E-state index in [4.69, 9.17) is 14.2 Å². The average Bonchev–Trinajstić information content (AvgIpc) is 3.34. The van der Waals surface area contributed by atoms with Crippen molar-refractivity contribution in [2.24, 2.45) is 0 Å². The quantitative estimate of drug-likeness (QED) is 0.138. The summed E-state index contributed by atoms with van der Waals surface area (Å²) >= 11 is 1.72. The van der Waals surface area contributed by atoms with Crippen molar-refractivity contribution >= 4 is 27.4 Å². The van der Waals surface area contributed by atoms with E-state index < -0.39 is 5.60 Å². The second kappa shape index (κ2) is 13.7. The molecule has 0 unspecified atom stereocenters. The van der Waals surface area contributed by atoms with E-state index in [2.05, 4.69) is 48.4 Å². The number of carbonyl (C=O) groups is 1. The van der Waals surface area contributed by atoms with Crippen molar-refractivity contribution in [3.8, 4) is 34.5 Å². The maximum absolute atomic E-state index is 12.0. The zero-order valence-electron chi connectivity index (χ0n) is 24.5. The van der Waals surface area contributed by atoms with E-state index in [1.54, 1.807) is 39.0 Å². The standard InChI is InChI=1S/C35H38O5S/c1-6-8-27(20-34(36)38-7-2)26-11-9-25(10-12-26)22-40-29-14-16-33-31(21-29)32(23-41-33)30-15-13-28(19-24(30)3)39-18-17-35(4,5)37/h9-16,19,21,23,27,37H,7,17-18,20,22H2,1-5H3/t27-/m0/s1. The molecule has 0 fully saturated rings. The summed E-state index contributed by atoms with van der Waals surface area (Å²) in [5.41, 5.74) is 4.74. The number of esters is 1. The van der Waals surface area contributed by atoms with Crippen LogP contribution in [-0.4, -0.2) is 29.9 Å². The summed E-state index contributed by atoms with van der Waals surface area (Å²) in [4.78, 5) is 12.0. The first-order valence-corrected chi connectivity index (χ1v) is 14.8. The Morgan fingerprint density at radius 3 is 2.41 bits per heavy atom. The molecule has 0 bridgehead atoms. The molecule has 6 heteroatoms. The summed E-state index contributed by atoms with van der Waals surface area (Å²) in [7, 11) is 0. The van der Waals surface area contributed by atoms with Crippen molar-refractivity contribution in [3.05, 3.63) is 82.7 Å². The number of hydrogen-bond acceptors (Lipinski definition) is 6. The van der Waals surface area contributed by atoms with Gasteiger partial charge in [-0.25, -0.2) is 0 Å². The zero-order chi connectivity index (χ0) is 29.4. The number of ether oxygens (including phenoxy) is 3. The van der Waals surface area contributed by atoms with Crippen molar-refractivity contribution in [2.45, 2.75) is 65.6 Å². The third kappa shape index (κ3) is 8.36. The van der Waals surface area contributed by atoms with Gasteiger partial charge in [0.05, 0.1) is 31.2 Å². The molecule has 1 aromatic heterocycles. The molecule has 0 amide bonds. The van der Waals surface area contributed by atoms with Crippen molar-refractivity contribution < 1.29 is 24.1 Å². The lowest BCUT2D eigenvalue weighted by atomic mass is 9.95. The molecule has 4 aromatic rings. The van der Waals surface area contributed by atoms with Gasteiger partial charge in [-0.15, -0.1) is 17.3 Å². The normalized spacial score (nSPS) is 12.0. The van der Waals surface area contributed by atoms with Crippen molar-refractivity contribution in [1.29, 1.82) is 0 Å². The third-order valence-electron chi connectivity index (χ3n) is 6.80. The lowest BCUT2D eigenvalue weighted by Crippen LogP contribution is -2.21. The van der Waals surface area contributed by atoms with E-state index in [-0.39, 0.29) is 18.3 Å². The molecule has 1 heterocycles. The first kappa shape index (κ1) is 30.2. The second-order valence-corrected chi connectivity index (χ2v) is 11.6. The Balaban J connectivity index is 1.44. The molecular weight excluding hydrogens is 532 g/mol. The summed E-state index contributed by atoms with van der Waals surface area (Å²) < 4.78 is 18.4. The molecule has 0 radical (unpaired) electrons. The van der Waals surface area contributed by atoms with Crippen LogP contribution in [0.4, 0.5) is 0 Å². The molecule has 3 aromatic carbocycles. The summed E-state index contributed by atoms with van der Waals surface area (Å²) in [5, 5.41) is 13.3. The Morgan fingerprint density at radius 2 is 1.73 bits per heavy atom. The van der Waals surface area contributed by atoms with Gasteiger partial charge in [0.1, 0.15) is 18.1 Å². The van der Waals surface area contributed by atoms with Crippen LogP contribution >= 0.6 is 11.3 Å². The largest absolute Gasteiger partial charge is 0.493 e. The molecule has 0 aliphatic rings. The van der Waals surface area contributed by atoms with Gasteiger partial charge in [0, 0.05) is 22.1 Å². The lowest BCUT2D eigenvalue weighted by Gasteiger charge is -2.17. The number of benzene rings is 3. The molecule has 41 heavy (non-hydrogen) atoms. The number of hydrogen-bond donors (Lipinski definition) is 1. The van der Waals surface area contributed by atoms with E-state index >= 15 is 0 Å². The van der Waals surface area contributed by atoms with Gasteiger partial charge < -0.3 is 19.3 Å². The fourth-order valence-corrected chi connectivity index (χ4v) is 5.52. The first-order chi connectivity index (χ1) is 19.7. The predicted octanol–water partition coefficient (Wildman–Crippen LogP) is 8.06. The highest BCUT2D eigenvalue weighted by molar-refractivity contribution is 7.17. The zero-order valence-corrected chi connectivity index (χ0v) is 25.3. The Labute approximate surface area is 247 Å². The highest BCUT2D eigenvalue weighted by Crippen LogP contribution is 2.38. The third-order valence-corrected chi connectivity index (χ3v) is 7.76. The number of rotatable bonds is 12. The van der Waals surface area contributed by atoms with Crippen LogP contribution in [0, 0.1) is 18.8 Å². The van der Waals surface area contributed by atoms with Crippen LogP contribution in [0.1, 0.15) is 63.1 Å². The van der Waals surface area contributed by atoms with Crippen molar-refractivity contribution in [1.82, 2.24) is 0 Å². The fourth-order valence-electron chi connectivity index (χ4n) is 4.58. The van der Waals surface area contributed by atoms with Gasteiger partial charge in [0.25, 0.3) is 0 Å². The van der Waals surface area contributed by atoms with Gasteiger partial charge in [-0.1, -0.05) is 36.3 Å². The van der Waals surface area contributed by atoms with Gasteiger partial charge in [-0.3, -0.25) is 4.79 Å². The topological polar surface area (TPSA) is 65.0 Å². The molecular formula is C35H38O5S. The van der Waals surface area contributed by atoms with Crippen molar-refractivity contribution in [2.75, 3.05) is 13.2 Å². The van der Waals surface area contributed by atoms with E-state index in [1.165, 1.54) is 10.3 Å². The number of fused-ring (bicyclic) bond motifs is 1. The Kier molecular flexibility index (Phi) is 10.1. The van der Waals surface area contributed by atoms with E-state index in [1.807, 2.05) is 36.4 Å². The molecule has 0 spiro atoms. The Morgan fingerprint density at radius 1 is 1.00 bits per heavy atom. The molecule has 1 atom stereocenters. The number of aliphatic hydroxyl groups is 1. The van der Waals surface area contributed by atoms with Crippen LogP contribution in [0.25, 0.3) is 21.2 Å². The van der Waals surface area contributed by atoms with Gasteiger partial charge >= 0.3 is 5.97 Å². The maximum atomic E-state index is 12.0. The number of thiophene rings is 1. The van der Waals surface area contributed by atoms with Crippen LogP contribution < -0.4 is 9.47 Å². The van der Waals surface area contributed by atoms with Gasteiger partial charge in [-0.2, -0.15) is 0 Å². The molecule has 214 valence electrons. The molecule has 1 N–H and O–H groups in total. The molecule has 0 saturated heterocycles. The Hall–Kier alpha value is -3.79. The van der Waals surface area contributed by atoms with Crippen LogP contribution in [0.5, 0.6) is 11.5 Å². The smallest absolute Gasteiger partial charge is 0.307 e. The average molecular weight is 571 g/mol.